The highest BCUT2D eigenvalue weighted by Gasteiger charge is 2.13. The van der Waals surface area contributed by atoms with Gasteiger partial charge in [-0.2, -0.15) is 5.10 Å². The quantitative estimate of drug-likeness (QED) is 0.341. The molecule has 0 aliphatic carbocycles. The van der Waals surface area contributed by atoms with Crippen LogP contribution in [0.2, 0.25) is 0 Å². The topological polar surface area (TPSA) is 51.1 Å². The van der Waals surface area contributed by atoms with Gasteiger partial charge in [-0.3, -0.25) is 4.68 Å². The van der Waals surface area contributed by atoms with E-state index in [1.807, 2.05) is 73.1 Å². The second kappa shape index (κ2) is 9.62. The molecule has 0 saturated heterocycles. The normalized spacial score (nSPS) is 10.6. The van der Waals surface area contributed by atoms with Gasteiger partial charge in [0.25, 0.3) is 0 Å². The van der Waals surface area contributed by atoms with Crippen LogP contribution in [-0.2, 0) is 6.54 Å². The van der Waals surface area contributed by atoms with Crippen molar-refractivity contribution >= 4 is 28.7 Å². The fourth-order valence-electron chi connectivity index (χ4n) is 3.38. The van der Waals surface area contributed by atoms with E-state index in [2.05, 4.69) is 15.7 Å². The van der Waals surface area contributed by atoms with Gasteiger partial charge in [-0.05, 0) is 74.1 Å². The molecule has 32 heavy (non-hydrogen) atoms. The average Bonchev–Trinajstić information content (AvgIpc) is 3.02. The van der Waals surface area contributed by atoms with Crippen molar-refractivity contribution in [2.24, 2.45) is 0 Å². The lowest BCUT2D eigenvalue weighted by Gasteiger charge is -2.12. The second-order valence-corrected chi connectivity index (χ2v) is 7.76. The first kappa shape index (κ1) is 21.5. The van der Waals surface area contributed by atoms with E-state index in [1.54, 1.807) is 12.1 Å². The van der Waals surface area contributed by atoms with E-state index in [0.29, 0.717) is 17.3 Å². The van der Waals surface area contributed by atoms with E-state index in [1.165, 1.54) is 12.1 Å². The van der Waals surface area contributed by atoms with Crippen LogP contribution >= 0.6 is 12.2 Å². The van der Waals surface area contributed by atoms with Crippen LogP contribution in [0.4, 0.5) is 15.8 Å². The number of nitrogens with zero attached hydrogens (tertiary/aromatic N) is 2. The number of hydrogen-bond donors (Lipinski definition) is 2. The fraction of sp³-hybridized carbons (Fsp3) is 0.120. The Labute approximate surface area is 191 Å². The average molecular weight is 447 g/mol. The van der Waals surface area contributed by atoms with Gasteiger partial charge < -0.3 is 15.4 Å². The third-order valence-corrected chi connectivity index (χ3v) is 5.12. The van der Waals surface area contributed by atoms with Crippen LogP contribution in [0, 0.1) is 19.7 Å². The predicted molar refractivity (Wildman–Crippen MR) is 130 cm³/mol. The van der Waals surface area contributed by atoms with Gasteiger partial charge in [0.15, 0.2) is 5.11 Å². The summed E-state index contributed by atoms with van der Waals surface area (Å²) in [6.45, 7) is 4.49. The second-order valence-electron chi connectivity index (χ2n) is 7.36. The molecule has 0 fully saturated rings. The zero-order valence-electron chi connectivity index (χ0n) is 17.8. The van der Waals surface area contributed by atoms with Gasteiger partial charge in [0.05, 0.1) is 23.6 Å². The molecule has 1 aromatic heterocycles. The summed E-state index contributed by atoms with van der Waals surface area (Å²) in [6, 6.07) is 23.8. The van der Waals surface area contributed by atoms with Crippen LogP contribution in [0.5, 0.6) is 11.5 Å². The SMILES string of the molecule is Cc1nn(Cc2cccc(Oc3ccccc3)c2)c(C)c1NC(=S)Nc1cccc(F)c1. The largest absolute Gasteiger partial charge is 0.457 e. The Morgan fingerprint density at radius 3 is 2.47 bits per heavy atom. The van der Waals surface area contributed by atoms with Crippen LogP contribution in [0.3, 0.4) is 0 Å². The molecule has 0 bridgehead atoms. The minimum Gasteiger partial charge on any atom is -0.457 e. The lowest BCUT2D eigenvalue weighted by atomic mass is 10.2. The van der Waals surface area contributed by atoms with E-state index in [-0.39, 0.29) is 5.82 Å². The maximum atomic E-state index is 13.4. The van der Waals surface area contributed by atoms with Gasteiger partial charge in [0.2, 0.25) is 0 Å². The molecule has 162 valence electrons. The van der Waals surface area contributed by atoms with Gasteiger partial charge in [0.1, 0.15) is 17.3 Å². The highest BCUT2D eigenvalue weighted by atomic mass is 32.1. The minimum absolute atomic E-state index is 0.323. The summed E-state index contributed by atoms with van der Waals surface area (Å²) in [5, 5.41) is 11.2. The molecule has 2 N–H and O–H groups in total. The van der Waals surface area contributed by atoms with Gasteiger partial charge >= 0.3 is 0 Å². The van der Waals surface area contributed by atoms with Crippen molar-refractivity contribution < 1.29 is 9.13 Å². The lowest BCUT2D eigenvalue weighted by molar-refractivity contribution is 0.481. The Hall–Kier alpha value is -3.71. The number of ether oxygens (including phenoxy) is 1. The van der Waals surface area contributed by atoms with Crippen molar-refractivity contribution in [1.82, 2.24) is 9.78 Å². The van der Waals surface area contributed by atoms with Gasteiger partial charge in [-0.1, -0.05) is 36.4 Å². The summed E-state index contributed by atoms with van der Waals surface area (Å²) in [4.78, 5) is 0. The number of nitrogens with one attached hydrogen (secondary N) is 2. The van der Waals surface area contributed by atoms with E-state index in [9.17, 15) is 4.39 Å². The number of rotatable bonds is 6. The van der Waals surface area contributed by atoms with Crippen LogP contribution < -0.4 is 15.4 Å². The zero-order valence-corrected chi connectivity index (χ0v) is 18.6. The highest BCUT2D eigenvalue weighted by molar-refractivity contribution is 7.80. The number of halogens is 1. The molecule has 0 spiro atoms. The molecular weight excluding hydrogens is 423 g/mol. The van der Waals surface area contributed by atoms with E-state index in [0.717, 1.165) is 34.1 Å². The van der Waals surface area contributed by atoms with Crippen LogP contribution in [0.1, 0.15) is 17.0 Å². The molecule has 3 aromatic carbocycles. The number of aryl methyl sites for hydroxylation is 1. The van der Waals surface area contributed by atoms with Crippen molar-refractivity contribution in [3.05, 3.63) is 102 Å². The summed E-state index contributed by atoms with van der Waals surface area (Å²) in [5.74, 6) is 1.24. The molecule has 0 unspecified atom stereocenters. The smallest absolute Gasteiger partial charge is 0.175 e. The Balaban J connectivity index is 1.46. The molecule has 5 nitrogen and oxygen atoms in total. The Kier molecular flexibility index (Phi) is 6.47. The molecule has 4 aromatic rings. The maximum Gasteiger partial charge on any atom is 0.175 e. The molecule has 0 amide bonds. The standard InChI is InChI=1S/C25H23FN4OS/c1-17-24(28-25(32)27-21-10-7-9-20(26)15-21)18(2)30(29-17)16-19-8-6-13-23(14-19)31-22-11-4-3-5-12-22/h3-15H,16H2,1-2H3,(H2,27,28,32). The first-order chi connectivity index (χ1) is 15.5. The zero-order chi connectivity index (χ0) is 22.5. The van der Waals surface area contributed by atoms with Crippen molar-refractivity contribution in [3.63, 3.8) is 0 Å². The number of anilines is 2. The molecule has 0 aliphatic heterocycles. The Bertz CT molecular complexity index is 1240. The number of aromatic nitrogens is 2. The first-order valence-corrected chi connectivity index (χ1v) is 10.6. The monoisotopic (exact) mass is 446 g/mol. The molecule has 4 rings (SSSR count). The third-order valence-electron chi connectivity index (χ3n) is 4.91. The Morgan fingerprint density at radius 1 is 0.938 bits per heavy atom. The van der Waals surface area contributed by atoms with Crippen LogP contribution in [0.25, 0.3) is 0 Å². The highest BCUT2D eigenvalue weighted by Crippen LogP contribution is 2.24. The van der Waals surface area contributed by atoms with E-state index in [4.69, 9.17) is 17.0 Å². The van der Waals surface area contributed by atoms with Gasteiger partial charge in [-0.15, -0.1) is 0 Å². The minimum atomic E-state index is -0.323. The molecule has 0 saturated carbocycles. The molecular formula is C25H23FN4OS. The first-order valence-electron chi connectivity index (χ1n) is 10.2. The van der Waals surface area contributed by atoms with Crippen LogP contribution in [0.15, 0.2) is 78.9 Å². The fourth-order valence-corrected chi connectivity index (χ4v) is 3.60. The van der Waals surface area contributed by atoms with Crippen molar-refractivity contribution in [2.45, 2.75) is 20.4 Å². The van der Waals surface area contributed by atoms with Crippen LogP contribution in [-0.4, -0.2) is 14.9 Å². The molecule has 7 heteroatoms. The lowest BCUT2D eigenvalue weighted by Crippen LogP contribution is -2.20. The molecule has 0 radical (unpaired) electrons. The predicted octanol–water partition coefficient (Wildman–Crippen LogP) is 6.29. The molecule has 1 heterocycles. The summed E-state index contributed by atoms with van der Waals surface area (Å²) in [6.07, 6.45) is 0. The number of thiocarbonyl (C=S) groups is 1. The number of hydrogen-bond acceptors (Lipinski definition) is 3. The Morgan fingerprint density at radius 2 is 1.69 bits per heavy atom. The maximum absolute atomic E-state index is 13.4. The summed E-state index contributed by atoms with van der Waals surface area (Å²) in [5.41, 5.74) is 4.25. The van der Waals surface area contributed by atoms with Crippen molar-refractivity contribution in [2.75, 3.05) is 10.6 Å². The summed E-state index contributed by atoms with van der Waals surface area (Å²) < 4.78 is 21.3. The molecule has 0 atom stereocenters. The van der Waals surface area contributed by atoms with Gasteiger partial charge in [-0.25, -0.2) is 4.39 Å². The summed E-state index contributed by atoms with van der Waals surface area (Å²) in [7, 11) is 0. The summed E-state index contributed by atoms with van der Waals surface area (Å²) >= 11 is 5.40. The van der Waals surface area contributed by atoms with Crippen molar-refractivity contribution in [3.8, 4) is 11.5 Å². The van der Waals surface area contributed by atoms with Gasteiger partial charge in [0, 0.05) is 5.69 Å². The molecule has 0 aliphatic rings. The third kappa shape index (κ3) is 5.31. The van der Waals surface area contributed by atoms with E-state index < -0.39 is 0 Å². The van der Waals surface area contributed by atoms with Crippen molar-refractivity contribution in [1.29, 1.82) is 0 Å². The number of para-hydroxylation sites is 1. The van der Waals surface area contributed by atoms with E-state index >= 15 is 0 Å². The number of benzene rings is 3.